The number of pyridine rings is 1. The third-order valence-corrected chi connectivity index (χ3v) is 2.96. The van der Waals surface area contributed by atoms with E-state index in [1.54, 1.807) is 12.1 Å². The lowest BCUT2D eigenvalue weighted by atomic mass is 10.0. The van der Waals surface area contributed by atoms with Gasteiger partial charge >= 0.3 is 5.97 Å². The van der Waals surface area contributed by atoms with Gasteiger partial charge in [-0.25, -0.2) is 4.98 Å². The molecule has 0 radical (unpaired) electrons. The maximum absolute atomic E-state index is 11.9. The summed E-state index contributed by atoms with van der Waals surface area (Å²) in [6.07, 6.45) is 2.81. The van der Waals surface area contributed by atoms with E-state index < -0.39 is 11.9 Å². The second kappa shape index (κ2) is 7.47. The molecule has 1 atom stereocenters. The van der Waals surface area contributed by atoms with Crippen LogP contribution in [0.25, 0.3) is 0 Å². The quantitative estimate of drug-likeness (QED) is 0.788. The van der Waals surface area contributed by atoms with Gasteiger partial charge < -0.3 is 15.3 Å². The van der Waals surface area contributed by atoms with Gasteiger partial charge in [-0.15, -0.1) is 0 Å². The van der Waals surface area contributed by atoms with Crippen LogP contribution >= 0.6 is 0 Å². The zero-order valence-corrected chi connectivity index (χ0v) is 12.1. The van der Waals surface area contributed by atoms with Gasteiger partial charge in [-0.2, -0.15) is 0 Å². The van der Waals surface area contributed by atoms with Crippen molar-refractivity contribution in [3.05, 3.63) is 23.9 Å². The Labute approximate surface area is 118 Å². The Kier molecular flexibility index (Phi) is 5.96. The smallest absolute Gasteiger partial charge is 0.308 e. The van der Waals surface area contributed by atoms with Crippen LogP contribution in [0.4, 0.5) is 5.82 Å². The topological polar surface area (TPSA) is 82.5 Å². The lowest BCUT2D eigenvalue weighted by molar-refractivity contribution is -0.141. The summed E-state index contributed by atoms with van der Waals surface area (Å²) >= 11 is 0. The fraction of sp³-hybridized carbons (Fsp3) is 0.500. The molecule has 1 heterocycles. The van der Waals surface area contributed by atoms with Crippen molar-refractivity contribution in [1.29, 1.82) is 0 Å². The van der Waals surface area contributed by atoms with Crippen LogP contribution in [0.5, 0.6) is 0 Å². The van der Waals surface area contributed by atoms with E-state index in [4.69, 9.17) is 5.11 Å². The minimum Gasteiger partial charge on any atom is -0.481 e. The van der Waals surface area contributed by atoms with E-state index >= 15 is 0 Å². The number of carboxylic acid groups (broad SMARTS) is 1. The summed E-state index contributed by atoms with van der Waals surface area (Å²) in [5.41, 5.74) is 0.427. The maximum atomic E-state index is 11.9. The highest BCUT2D eigenvalue weighted by atomic mass is 16.4. The lowest BCUT2D eigenvalue weighted by Gasteiger charge is -2.13. The minimum atomic E-state index is -0.881. The van der Waals surface area contributed by atoms with Crippen LogP contribution in [-0.4, -0.2) is 42.6 Å². The molecule has 1 aromatic heterocycles. The number of anilines is 1. The summed E-state index contributed by atoms with van der Waals surface area (Å²) in [6.45, 7) is 2.05. The van der Waals surface area contributed by atoms with E-state index in [2.05, 4.69) is 10.3 Å². The molecule has 110 valence electrons. The van der Waals surface area contributed by atoms with Crippen molar-refractivity contribution in [2.75, 3.05) is 25.5 Å². The van der Waals surface area contributed by atoms with Crippen molar-refractivity contribution in [3.63, 3.8) is 0 Å². The predicted octanol–water partition coefficient (Wildman–Crippen LogP) is 1.38. The number of carbonyl (C=O) groups excluding carboxylic acids is 1. The number of aromatic nitrogens is 1. The lowest BCUT2D eigenvalue weighted by Crippen LogP contribution is -2.33. The molecule has 1 amide bonds. The number of carbonyl (C=O) groups is 2. The highest BCUT2D eigenvalue weighted by Gasteiger charge is 2.17. The first kappa shape index (κ1) is 15.9. The predicted molar refractivity (Wildman–Crippen MR) is 76.9 cm³/mol. The average molecular weight is 279 g/mol. The molecule has 6 nitrogen and oxygen atoms in total. The van der Waals surface area contributed by atoms with Gasteiger partial charge in [0.15, 0.2) is 0 Å². The van der Waals surface area contributed by atoms with Crippen molar-refractivity contribution >= 4 is 17.7 Å². The van der Waals surface area contributed by atoms with E-state index in [0.29, 0.717) is 12.0 Å². The summed E-state index contributed by atoms with van der Waals surface area (Å²) in [7, 11) is 3.73. The summed E-state index contributed by atoms with van der Waals surface area (Å²) < 4.78 is 0. The molecule has 20 heavy (non-hydrogen) atoms. The van der Waals surface area contributed by atoms with E-state index in [9.17, 15) is 9.59 Å². The first-order valence-electron chi connectivity index (χ1n) is 6.60. The largest absolute Gasteiger partial charge is 0.481 e. The van der Waals surface area contributed by atoms with Gasteiger partial charge in [-0.1, -0.05) is 13.3 Å². The van der Waals surface area contributed by atoms with Crippen LogP contribution in [0.15, 0.2) is 18.3 Å². The van der Waals surface area contributed by atoms with Gasteiger partial charge in [0.05, 0.1) is 11.5 Å². The standard InChI is InChI=1S/C14H21N3O3/c1-4-5-11(14(19)20)9-16-13(18)10-6-7-12(15-8-10)17(2)3/h6-8,11H,4-5,9H2,1-3H3,(H,16,18)(H,19,20). The Bertz CT molecular complexity index is 457. The SMILES string of the molecule is CCCC(CNC(=O)c1ccc(N(C)C)nc1)C(=O)O. The fourth-order valence-corrected chi connectivity index (χ4v) is 1.76. The highest BCUT2D eigenvalue weighted by molar-refractivity contribution is 5.94. The van der Waals surface area contributed by atoms with Crippen LogP contribution in [0.1, 0.15) is 30.1 Å². The Morgan fingerprint density at radius 2 is 2.10 bits per heavy atom. The second-order valence-electron chi connectivity index (χ2n) is 4.83. The molecule has 0 aliphatic heterocycles. The number of aliphatic carboxylic acids is 1. The monoisotopic (exact) mass is 279 g/mol. The Hall–Kier alpha value is -2.11. The molecule has 0 fully saturated rings. The molecular formula is C14H21N3O3. The van der Waals surface area contributed by atoms with Gasteiger partial charge in [0.1, 0.15) is 5.82 Å². The van der Waals surface area contributed by atoms with Gasteiger partial charge in [0, 0.05) is 26.8 Å². The van der Waals surface area contributed by atoms with Crippen molar-refractivity contribution in [2.45, 2.75) is 19.8 Å². The van der Waals surface area contributed by atoms with Gasteiger partial charge in [0.2, 0.25) is 0 Å². The van der Waals surface area contributed by atoms with Crippen molar-refractivity contribution in [2.24, 2.45) is 5.92 Å². The molecule has 0 aromatic carbocycles. The zero-order chi connectivity index (χ0) is 15.1. The zero-order valence-electron chi connectivity index (χ0n) is 12.1. The maximum Gasteiger partial charge on any atom is 0.308 e. The Morgan fingerprint density at radius 1 is 1.40 bits per heavy atom. The summed E-state index contributed by atoms with van der Waals surface area (Å²) in [5.74, 6) is -0.965. The molecule has 6 heteroatoms. The van der Waals surface area contributed by atoms with Crippen molar-refractivity contribution in [3.8, 4) is 0 Å². The van der Waals surface area contributed by atoms with Crippen molar-refractivity contribution < 1.29 is 14.7 Å². The molecular weight excluding hydrogens is 258 g/mol. The first-order valence-corrected chi connectivity index (χ1v) is 6.60. The van der Waals surface area contributed by atoms with E-state index in [0.717, 1.165) is 12.2 Å². The summed E-state index contributed by atoms with van der Waals surface area (Å²) in [6, 6.07) is 3.42. The van der Waals surface area contributed by atoms with Gasteiger partial charge in [0.25, 0.3) is 5.91 Å². The van der Waals surface area contributed by atoms with E-state index in [-0.39, 0.29) is 12.5 Å². The minimum absolute atomic E-state index is 0.136. The molecule has 0 saturated carbocycles. The number of hydrogen-bond acceptors (Lipinski definition) is 4. The normalized spacial score (nSPS) is 11.8. The highest BCUT2D eigenvalue weighted by Crippen LogP contribution is 2.09. The van der Waals surface area contributed by atoms with Crippen LogP contribution in [-0.2, 0) is 4.79 Å². The average Bonchev–Trinajstić information content (AvgIpc) is 2.42. The number of nitrogens with zero attached hydrogens (tertiary/aromatic N) is 2. The first-order chi connectivity index (χ1) is 9.45. The van der Waals surface area contributed by atoms with Crippen LogP contribution in [0.2, 0.25) is 0 Å². The molecule has 0 bridgehead atoms. The molecule has 1 unspecified atom stereocenters. The molecule has 0 aliphatic rings. The van der Waals surface area contributed by atoms with Crippen LogP contribution in [0.3, 0.4) is 0 Å². The number of nitrogens with one attached hydrogen (secondary N) is 1. The molecule has 1 aromatic rings. The van der Waals surface area contributed by atoms with Crippen molar-refractivity contribution in [1.82, 2.24) is 10.3 Å². The number of carboxylic acids is 1. The van der Waals surface area contributed by atoms with Gasteiger partial charge in [-0.3, -0.25) is 9.59 Å². The molecule has 2 N–H and O–H groups in total. The number of hydrogen-bond donors (Lipinski definition) is 2. The van der Waals surface area contributed by atoms with E-state index in [1.165, 1.54) is 6.20 Å². The third kappa shape index (κ3) is 4.53. The molecule has 0 saturated heterocycles. The molecule has 0 spiro atoms. The summed E-state index contributed by atoms with van der Waals surface area (Å²) in [4.78, 5) is 28.9. The third-order valence-electron chi connectivity index (χ3n) is 2.96. The molecule has 1 rings (SSSR count). The van der Waals surface area contributed by atoms with E-state index in [1.807, 2.05) is 25.9 Å². The Balaban J connectivity index is 2.60. The number of rotatable bonds is 7. The molecule has 0 aliphatic carbocycles. The van der Waals surface area contributed by atoms with Crippen LogP contribution < -0.4 is 10.2 Å². The van der Waals surface area contributed by atoms with Gasteiger partial charge in [-0.05, 0) is 18.6 Å². The summed E-state index contributed by atoms with van der Waals surface area (Å²) in [5, 5.41) is 11.7. The second-order valence-corrected chi connectivity index (χ2v) is 4.83. The number of amides is 1. The Morgan fingerprint density at radius 3 is 2.55 bits per heavy atom. The van der Waals surface area contributed by atoms with Crippen LogP contribution in [0, 0.1) is 5.92 Å². The fourth-order valence-electron chi connectivity index (χ4n) is 1.76.